The first kappa shape index (κ1) is 15.6. The van der Waals surface area contributed by atoms with E-state index in [1.54, 1.807) is 12.1 Å². The van der Waals surface area contributed by atoms with Crippen LogP contribution in [0.4, 0.5) is 8.78 Å². The number of benzene rings is 1. The lowest BCUT2D eigenvalue weighted by molar-refractivity contribution is -0.120. The Hall–Kier alpha value is -1.49. The highest BCUT2D eigenvalue weighted by Gasteiger charge is 2.06. The van der Waals surface area contributed by atoms with Crippen molar-refractivity contribution in [2.24, 2.45) is 5.92 Å². The van der Waals surface area contributed by atoms with Crippen LogP contribution in [-0.4, -0.2) is 19.0 Å². The van der Waals surface area contributed by atoms with E-state index in [0.717, 1.165) is 5.56 Å². The summed E-state index contributed by atoms with van der Waals surface area (Å²) in [6, 6.07) is 6.09. The topological polar surface area (TPSA) is 41.1 Å². The third kappa shape index (κ3) is 6.29. The van der Waals surface area contributed by atoms with Gasteiger partial charge in [-0.1, -0.05) is 38.1 Å². The lowest BCUT2D eigenvalue weighted by atomic mass is 10.1. The summed E-state index contributed by atoms with van der Waals surface area (Å²) in [7, 11) is 0. The number of hydrogen-bond acceptors (Lipinski definition) is 2. The van der Waals surface area contributed by atoms with Crippen LogP contribution in [0.2, 0.25) is 0 Å². The van der Waals surface area contributed by atoms with Gasteiger partial charge in [-0.25, -0.2) is 8.78 Å². The number of carbonyl (C=O) groups excluding carboxylic acids is 1. The second kappa shape index (κ2) is 7.84. The van der Waals surface area contributed by atoms with Gasteiger partial charge in [-0.15, -0.1) is 0 Å². The molecule has 0 aliphatic carbocycles. The molecule has 106 valence electrons. The number of rotatable bonds is 7. The molecule has 0 unspecified atom stereocenters. The number of hydrogen-bond donors (Lipinski definition) is 2. The molecular weight excluding hydrogens is 250 g/mol. The molecule has 1 amide bonds. The predicted octanol–water partition coefficient (Wildman–Crippen LogP) is 2.49. The number of halogens is 2. The van der Waals surface area contributed by atoms with E-state index in [-0.39, 0.29) is 18.0 Å². The predicted molar refractivity (Wildman–Crippen MR) is 71.0 cm³/mol. The Morgan fingerprint density at radius 3 is 2.37 bits per heavy atom. The Bertz CT molecular complexity index is 391. The zero-order chi connectivity index (χ0) is 14.3. The minimum Gasteiger partial charge on any atom is -0.355 e. The monoisotopic (exact) mass is 270 g/mol. The van der Waals surface area contributed by atoms with E-state index in [1.165, 1.54) is 12.1 Å². The summed E-state index contributed by atoms with van der Waals surface area (Å²) < 4.78 is 24.7. The lowest BCUT2D eigenvalue weighted by Crippen LogP contribution is -2.35. The van der Waals surface area contributed by atoms with Crippen molar-refractivity contribution >= 4 is 5.91 Å². The third-order valence-electron chi connectivity index (χ3n) is 2.55. The van der Waals surface area contributed by atoms with Gasteiger partial charge in [-0.3, -0.25) is 4.79 Å². The standard InChI is InChI=1S/C14H20F2N2O/c1-10(2)7-18-13(19)9-17-8-11-3-5-12(6-4-11)14(15)16/h3-6,10,14,17H,7-9H2,1-2H3,(H,18,19). The second-order valence-corrected chi connectivity index (χ2v) is 4.84. The summed E-state index contributed by atoms with van der Waals surface area (Å²) in [5.41, 5.74) is 0.888. The van der Waals surface area contributed by atoms with Crippen LogP contribution in [0.25, 0.3) is 0 Å². The van der Waals surface area contributed by atoms with E-state index in [1.807, 2.05) is 13.8 Å². The fourth-order valence-electron chi connectivity index (χ4n) is 1.48. The van der Waals surface area contributed by atoms with Gasteiger partial charge in [-0.2, -0.15) is 0 Å². The van der Waals surface area contributed by atoms with Crippen LogP contribution in [0.1, 0.15) is 31.4 Å². The molecule has 0 aliphatic rings. The maximum atomic E-state index is 12.3. The average Bonchev–Trinajstić information content (AvgIpc) is 2.37. The molecule has 0 aliphatic heterocycles. The van der Waals surface area contributed by atoms with Crippen molar-refractivity contribution in [1.82, 2.24) is 10.6 Å². The lowest BCUT2D eigenvalue weighted by Gasteiger charge is -2.09. The van der Waals surface area contributed by atoms with Gasteiger partial charge in [0, 0.05) is 18.7 Å². The quantitative estimate of drug-likeness (QED) is 0.799. The fourth-order valence-corrected chi connectivity index (χ4v) is 1.48. The molecule has 0 saturated carbocycles. The molecule has 0 spiro atoms. The van der Waals surface area contributed by atoms with Crippen molar-refractivity contribution in [3.63, 3.8) is 0 Å². The van der Waals surface area contributed by atoms with Crippen molar-refractivity contribution in [2.45, 2.75) is 26.8 Å². The Morgan fingerprint density at radius 1 is 1.21 bits per heavy atom. The highest BCUT2D eigenvalue weighted by Crippen LogP contribution is 2.18. The summed E-state index contributed by atoms with van der Waals surface area (Å²) in [5, 5.41) is 5.77. The highest BCUT2D eigenvalue weighted by atomic mass is 19.3. The smallest absolute Gasteiger partial charge is 0.263 e. The number of carbonyl (C=O) groups is 1. The fraction of sp³-hybridized carbons (Fsp3) is 0.500. The highest BCUT2D eigenvalue weighted by molar-refractivity contribution is 5.77. The summed E-state index contributed by atoms with van der Waals surface area (Å²) in [4.78, 5) is 11.4. The first-order chi connectivity index (χ1) is 8.99. The Morgan fingerprint density at radius 2 is 1.84 bits per heavy atom. The van der Waals surface area contributed by atoms with Gasteiger partial charge in [0.2, 0.25) is 5.91 Å². The molecule has 0 heterocycles. The first-order valence-electron chi connectivity index (χ1n) is 6.33. The van der Waals surface area contributed by atoms with Crippen molar-refractivity contribution < 1.29 is 13.6 Å². The van der Waals surface area contributed by atoms with E-state index in [9.17, 15) is 13.6 Å². The summed E-state index contributed by atoms with van der Waals surface area (Å²) in [6.07, 6.45) is -2.44. The number of amides is 1. The molecular formula is C14H20F2N2O. The summed E-state index contributed by atoms with van der Waals surface area (Å²) in [5.74, 6) is 0.365. The minimum absolute atomic E-state index is 0.0124. The van der Waals surface area contributed by atoms with Gasteiger partial charge in [0.15, 0.2) is 0 Å². The molecule has 0 aromatic heterocycles. The zero-order valence-electron chi connectivity index (χ0n) is 11.2. The summed E-state index contributed by atoms with van der Waals surface area (Å²) >= 11 is 0. The minimum atomic E-state index is -2.44. The number of nitrogens with one attached hydrogen (secondary N) is 2. The molecule has 1 aromatic carbocycles. The van der Waals surface area contributed by atoms with Crippen LogP contribution in [0.3, 0.4) is 0 Å². The molecule has 0 radical (unpaired) electrons. The third-order valence-corrected chi connectivity index (χ3v) is 2.55. The van der Waals surface area contributed by atoms with E-state index in [4.69, 9.17) is 0 Å². The van der Waals surface area contributed by atoms with Crippen LogP contribution in [0, 0.1) is 5.92 Å². The van der Waals surface area contributed by atoms with Crippen molar-refractivity contribution in [1.29, 1.82) is 0 Å². The molecule has 0 fully saturated rings. The maximum Gasteiger partial charge on any atom is 0.263 e. The van der Waals surface area contributed by atoms with Crippen LogP contribution in [0.5, 0.6) is 0 Å². The van der Waals surface area contributed by atoms with Gasteiger partial charge >= 0.3 is 0 Å². The maximum absolute atomic E-state index is 12.3. The number of alkyl halides is 2. The van der Waals surface area contributed by atoms with Gasteiger partial charge in [0.1, 0.15) is 0 Å². The largest absolute Gasteiger partial charge is 0.355 e. The summed E-state index contributed by atoms with van der Waals surface area (Å²) in [6.45, 7) is 5.42. The van der Waals surface area contributed by atoms with Crippen LogP contribution in [0.15, 0.2) is 24.3 Å². The molecule has 0 atom stereocenters. The first-order valence-corrected chi connectivity index (χ1v) is 6.33. The second-order valence-electron chi connectivity index (χ2n) is 4.84. The van der Waals surface area contributed by atoms with Gasteiger partial charge in [0.05, 0.1) is 6.54 Å². The van der Waals surface area contributed by atoms with Gasteiger partial charge in [-0.05, 0) is 11.5 Å². The Labute approximate surface area is 112 Å². The molecule has 5 heteroatoms. The molecule has 3 nitrogen and oxygen atoms in total. The van der Waals surface area contributed by atoms with E-state index in [2.05, 4.69) is 10.6 Å². The van der Waals surface area contributed by atoms with Gasteiger partial charge < -0.3 is 10.6 Å². The van der Waals surface area contributed by atoms with Crippen molar-refractivity contribution in [2.75, 3.05) is 13.1 Å². The van der Waals surface area contributed by atoms with E-state index >= 15 is 0 Å². The molecule has 1 rings (SSSR count). The molecule has 0 bridgehead atoms. The molecule has 1 aromatic rings. The molecule has 2 N–H and O–H groups in total. The average molecular weight is 270 g/mol. The van der Waals surface area contributed by atoms with Crippen molar-refractivity contribution in [3.05, 3.63) is 35.4 Å². The molecule has 0 saturated heterocycles. The normalized spacial score (nSPS) is 11.1. The SMILES string of the molecule is CC(C)CNC(=O)CNCc1ccc(C(F)F)cc1. The van der Waals surface area contributed by atoms with Gasteiger partial charge in [0.25, 0.3) is 6.43 Å². The van der Waals surface area contributed by atoms with E-state index < -0.39 is 6.43 Å². The van der Waals surface area contributed by atoms with Crippen LogP contribution >= 0.6 is 0 Å². The molecule has 19 heavy (non-hydrogen) atoms. The van der Waals surface area contributed by atoms with Crippen molar-refractivity contribution in [3.8, 4) is 0 Å². The zero-order valence-corrected chi connectivity index (χ0v) is 11.2. The van der Waals surface area contributed by atoms with Crippen LogP contribution < -0.4 is 10.6 Å². The van der Waals surface area contributed by atoms with E-state index in [0.29, 0.717) is 19.0 Å². The Kier molecular flexibility index (Phi) is 6.42. The van der Waals surface area contributed by atoms with Crippen LogP contribution in [-0.2, 0) is 11.3 Å². The Balaban J connectivity index is 2.27.